The summed E-state index contributed by atoms with van der Waals surface area (Å²) in [6.45, 7) is 3.17. The lowest BCUT2D eigenvalue weighted by molar-refractivity contribution is 0.114. The van der Waals surface area contributed by atoms with Crippen molar-refractivity contribution in [3.05, 3.63) is 29.3 Å². The number of urea groups is 1. The van der Waals surface area contributed by atoms with E-state index in [4.69, 9.17) is 9.47 Å². The Labute approximate surface area is 131 Å². The zero-order valence-electron chi connectivity index (χ0n) is 13.2. The van der Waals surface area contributed by atoms with E-state index in [1.54, 1.807) is 7.11 Å². The van der Waals surface area contributed by atoms with Crippen molar-refractivity contribution < 1.29 is 14.3 Å². The molecule has 0 aromatic heterocycles. The van der Waals surface area contributed by atoms with Crippen molar-refractivity contribution >= 4 is 6.03 Å². The normalized spacial score (nSPS) is 24.1. The SMILES string of the molecule is COc1ccc(C2CC2)cc1CNC(=O)NC1CCOC1C. The second-order valence-electron chi connectivity index (χ2n) is 6.14. The topological polar surface area (TPSA) is 59.6 Å². The number of carbonyl (C=O) groups is 1. The first-order valence-corrected chi connectivity index (χ1v) is 8.00. The van der Waals surface area contributed by atoms with Gasteiger partial charge in [-0.05, 0) is 43.7 Å². The molecule has 120 valence electrons. The molecule has 2 fully saturated rings. The zero-order valence-corrected chi connectivity index (χ0v) is 13.2. The van der Waals surface area contributed by atoms with Crippen molar-refractivity contribution in [1.82, 2.24) is 10.6 Å². The molecule has 5 nitrogen and oxygen atoms in total. The summed E-state index contributed by atoms with van der Waals surface area (Å²) in [5, 5.41) is 5.89. The molecule has 2 aliphatic rings. The van der Waals surface area contributed by atoms with E-state index in [0.29, 0.717) is 19.1 Å². The van der Waals surface area contributed by atoms with E-state index in [2.05, 4.69) is 22.8 Å². The van der Waals surface area contributed by atoms with Crippen molar-refractivity contribution in [1.29, 1.82) is 0 Å². The second-order valence-corrected chi connectivity index (χ2v) is 6.14. The van der Waals surface area contributed by atoms with Crippen LogP contribution in [0.2, 0.25) is 0 Å². The first kappa shape index (κ1) is 15.2. The van der Waals surface area contributed by atoms with Crippen molar-refractivity contribution in [2.24, 2.45) is 0 Å². The smallest absolute Gasteiger partial charge is 0.315 e. The Kier molecular flexibility index (Phi) is 4.52. The molecular formula is C17H24N2O3. The van der Waals surface area contributed by atoms with Crippen LogP contribution in [0.25, 0.3) is 0 Å². The van der Waals surface area contributed by atoms with E-state index < -0.39 is 0 Å². The Morgan fingerprint density at radius 1 is 1.36 bits per heavy atom. The van der Waals surface area contributed by atoms with Crippen LogP contribution in [0.4, 0.5) is 4.79 Å². The molecule has 2 atom stereocenters. The van der Waals surface area contributed by atoms with Gasteiger partial charge in [-0.3, -0.25) is 0 Å². The van der Waals surface area contributed by atoms with Gasteiger partial charge in [-0.15, -0.1) is 0 Å². The number of hydrogen-bond donors (Lipinski definition) is 2. The highest BCUT2D eigenvalue weighted by molar-refractivity contribution is 5.74. The maximum Gasteiger partial charge on any atom is 0.315 e. The highest BCUT2D eigenvalue weighted by Crippen LogP contribution is 2.41. The van der Waals surface area contributed by atoms with E-state index >= 15 is 0 Å². The minimum Gasteiger partial charge on any atom is -0.496 e. The molecule has 2 amide bonds. The molecule has 1 aliphatic heterocycles. The summed E-state index contributed by atoms with van der Waals surface area (Å²) in [5.74, 6) is 1.51. The van der Waals surface area contributed by atoms with Crippen LogP contribution in [0, 0.1) is 0 Å². The highest BCUT2D eigenvalue weighted by Gasteiger charge is 2.26. The summed E-state index contributed by atoms with van der Waals surface area (Å²) in [4.78, 5) is 12.0. The highest BCUT2D eigenvalue weighted by atomic mass is 16.5. The monoisotopic (exact) mass is 304 g/mol. The van der Waals surface area contributed by atoms with Gasteiger partial charge in [0.1, 0.15) is 5.75 Å². The standard InChI is InChI=1S/C17H24N2O3/c1-11-15(7-8-22-11)19-17(20)18-10-14-9-13(12-3-4-12)5-6-16(14)21-2/h5-6,9,11-12,15H,3-4,7-8,10H2,1-2H3,(H2,18,19,20). The molecule has 1 heterocycles. The summed E-state index contributed by atoms with van der Waals surface area (Å²) >= 11 is 0. The van der Waals surface area contributed by atoms with Gasteiger partial charge >= 0.3 is 6.03 Å². The summed E-state index contributed by atoms with van der Waals surface area (Å²) < 4.78 is 10.8. The van der Waals surface area contributed by atoms with Gasteiger partial charge in [-0.25, -0.2) is 4.79 Å². The molecule has 2 unspecified atom stereocenters. The number of nitrogens with one attached hydrogen (secondary N) is 2. The van der Waals surface area contributed by atoms with Crippen molar-refractivity contribution in [2.75, 3.05) is 13.7 Å². The third kappa shape index (κ3) is 3.53. The van der Waals surface area contributed by atoms with E-state index in [1.807, 2.05) is 13.0 Å². The van der Waals surface area contributed by atoms with Crippen LogP contribution >= 0.6 is 0 Å². The lowest BCUT2D eigenvalue weighted by Gasteiger charge is -2.17. The average molecular weight is 304 g/mol. The van der Waals surface area contributed by atoms with Crippen LogP contribution in [0.1, 0.15) is 43.2 Å². The fraction of sp³-hybridized carbons (Fsp3) is 0.588. The van der Waals surface area contributed by atoms with E-state index in [-0.39, 0.29) is 18.2 Å². The van der Waals surface area contributed by atoms with Crippen LogP contribution in [-0.2, 0) is 11.3 Å². The van der Waals surface area contributed by atoms with Gasteiger partial charge < -0.3 is 20.1 Å². The molecule has 1 aromatic rings. The number of carbonyl (C=O) groups excluding carboxylic acids is 1. The second kappa shape index (κ2) is 6.57. The lowest BCUT2D eigenvalue weighted by Crippen LogP contribution is -2.44. The van der Waals surface area contributed by atoms with Crippen LogP contribution in [0.5, 0.6) is 5.75 Å². The fourth-order valence-electron chi connectivity index (χ4n) is 2.92. The predicted molar refractivity (Wildman–Crippen MR) is 84.2 cm³/mol. The number of amides is 2. The third-order valence-electron chi connectivity index (χ3n) is 4.49. The minimum atomic E-state index is -0.152. The van der Waals surface area contributed by atoms with Gasteiger partial charge in [0.05, 0.1) is 19.3 Å². The molecule has 3 rings (SSSR count). The van der Waals surface area contributed by atoms with Crippen molar-refractivity contribution in [3.63, 3.8) is 0 Å². The van der Waals surface area contributed by atoms with Crippen LogP contribution in [-0.4, -0.2) is 31.9 Å². The van der Waals surface area contributed by atoms with Gasteiger partial charge in [-0.1, -0.05) is 12.1 Å². The van der Waals surface area contributed by atoms with Gasteiger partial charge in [0.25, 0.3) is 0 Å². The van der Waals surface area contributed by atoms with Crippen LogP contribution in [0.15, 0.2) is 18.2 Å². The third-order valence-corrected chi connectivity index (χ3v) is 4.49. The number of benzene rings is 1. The molecule has 1 saturated heterocycles. The Morgan fingerprint density at radius 2 is 2.18 bits per heavy atom. The summed E-state index contributed by atoms with van der Waals surface area (Å²) in [6, 6.07) is 6.21. The lowest BCUT2D eigenvalue weighted by atomic mass is 10.1. The average Bonchev–Trinajstić information content (AvgIpc) is 3.30. The predicted octanol–water partition coefficient (Wildman–Crippen LogP) is 2.55. The first-order chi connectivity index (χ1) is 10.7. The van der Waals surface area contributed by atoms with Crippen molar-refractivity contribution in [2.45, 2.75) is 50.8 Å². The van der Waals surface area contributed by atoms with Crippen molar-refractivity contribution in [3.8, 4) is 5.75 Å². The van der Waals surface area contributed by atoms with Gasteiger partial charge in [0.15, 0.2) is 0 Å². The summed E-state index contributed by atoms with van der Waals surface area (Å²) in [6.07, 6.45) is 3.48. The Balaban J connectivity index is 1.57. The Hall–Kier alpha value is -1.75. The molecular weight excluding hydrogens is 280 g/mol. The molecule has 0 spiro atoms. The van der Waals surface area contributed by atoms with Gasteiger partial charge in [0.2, 0.25) is 0 Å². The van der Waals surface area contributed by atoms with E-state index in [0.717, 1.165) is 17.7 Å². The molecule has 1 saturated carbocycles. The molecule has 1 aromatic carbocycles. The maximum atomic E-state index is 12.0. The molecule has 0 bridgehead atoms. The Bertz CT molecular complexity index is 543. The molecule has 5 heteroatoms. The number of methoxy groups -OCH3 is 1. The largest absolute Gasteiger partial charge is 0.496 e. The van der Waals surface area contributed by atoms with Gasteiger partial charge in [-0.2, -0.15) is 0 Å². The zero-order chi connectivity index (χ0) is 15.5. The molecule has 1 aliphatic carbocycles. The maximum absolute atomic E-state index is 12.0. The van der Waals surface area contributed by atoms with Crippen LogP contribution < -0.4 is 15.4 Å². The number of hydrogen-bond acceptors (Lipinski definition) is 3. The summed E-state index contributed by atoms with van der Waals surface area (Å²) in [7, 11) is 1.66. The van der Waals surface area contributed by atoms with E-state index in [9.17, 15) is 4.79 Å². The van der Waals surface area contributed by atoms with Gasteiger partial charge in [0, 0.05) is 18.7 Å². The Morgan fingerprint density at radius 3 is 2.82 bits per heavy atom. The molecule has 22 heavy (non-hydrogen) atoms. The van der Waals surface area contributed by atoms with E-state index in [1.165, 1.54) is 18.4 Å². The van der Waals surface area contributed by atoms with Crippen LogP contribution in [0.3, 0.4) is 0 Å². The first-order valence-electron chi connectivity index (χ1n) is 8.00. The fourth-order valence-corrected chi connectivity index (χ4v) is 2.92. The molecule has 2 N–H and O–H groups in total. The number of rotatable bonds is 5. The summed E-state index contributed by atoms with van der Waals surface area (Å²) in [5.41, 5.74) is 2.37. The number of ether oxygens (including phenoxy) is 2. The minimum absolute atomic E-state index is 0.0819. The quantitative estimate of drug-likeness (QED) is 0.879. The molecule has 0 radical (unpaired) electrons.